The molecule has 0 unspecified atom stereocenters. The molecule has 5 rings (SSSR count). The molecule has 3 heterocycles. The van der Waals surface area contributed by atoms with Gasteiger partial charge in [-0.15, -0.1) is 0 Å². The van der Waals surface area contributed by atoms with Crippen molar-refractivity contribution in [3.05, 3.63) is 41.2 Å². The van der Waals surface area contributed by atoms with Gasteiger partial charge in [-0.25, -0.2) is 13.8 Å². The molecule has 2 N–H and O–H groups in total. The van der Waals surface area contributed by atoms with Crippen molar-refractivity contribution in [1.29, 1.82) is 5.26 Å². The van der Waals surface area contributed by atoms with E-state index in [4.69, 9.17) is 21.3 Å². The van der Waals surface area contributed by atoms with E-state index in [9.17, 15) is 14.0 Å². The summed E-state index contributed by atoms with van der Waals surface area (Å²) in [6.45, 7) is 1.74. The Labute approximate surface area is 222 Å². The first-order chi connectivity index (χ1) is 17.8. The number of hydrogen-bond donors (Lipinski definition) is 2. The monoisotopic (exact) mass is 529 g/mol. The average Bonchev–Trinajstić information content (AvgIpc) is 2.89. The normalized spacial score (nSPS) is 25.1. The highest BCUT2D eigenvalue weighted by Crippen LogP contribution is 2.39. The molecule has 1 saturated heterocycles. The van der Waals surface area contributed by atoms with Crippen LogP contribution in [0.3, 0.4) is 0 Å². The summed E-state index contributed by atoms with van der Waals surface area (Å²) in [4.78, 5) is 9.36. The first-order valence-corrected chi connectivity index (χ1v) is 13.7. The number of pyridine rings is 2. The van der Waals surface area contributed by atoms with E-state index in [-0.39, 0.29) is 18.9 Å². The summed E-state index contributed by atoms with van der Waals surface area (Å²) in [5, 5.41) is 17.0. The molecule has 0 aromatic carbocycles. The van der Waals surface area contributed by atoms with Crippen molar-refractivity contribution in [2.24, 2.45) is 11.3 Å². The lowest BCUT2D eigenvalue weighted by molar-refractivity contribution is -0.0956. The smallest absolute Gasteiger partial charge is 0.251 e. The number of nitrogens with zero attached hydrogens (tertiary/aromatic N) is 3. The van der Waals surface area contributed by atoms with E-state index in [1.54, 1.807) is 6.20 Å². The maximum Gasteiger partial charge on any atom is 0.251 e. The molecule has 0 radical (unpaired) electrons. The van der Waals surface area contributed by atoms with Gasteiger partial charge in [0.05, 0.1) is 22.2 Å². The van der Waals surface area contributed by atoms with Crippen LogP contribution in [-0.2, 0) is 11.2 Å². The molecule has 0 bridgehead atoms. The summed E-state index contributed by atoms with van der Waals surface area (Å²) >= 11 is 6.53. The third-order valence-corrected chi connectivity index (χ3v) is 8.44. The van der Waals surface area contributed by atoms with Crippen molar-refractivity contribution < 1.29 is 13.5 Å². The predicted octanol–water partition coefficient (Wildman–Crippen LogP) is 6.02. The first kappa shape index (κ1) is 26.3. The Hall–Kier alpha value is -2.34. The van der Waals surface area contributed by atoms with E-state index in [2.05, 4.69) is 21.7 Å². The molecule has 198 valence electrons. The number of ether oxygens (including phenoxy) is 1. The van der Waals surface area contributed by atoms with Gasteiger partial charge in [0.2, 0.25) is 0 Å². The second kappa shape index (κ2) is 11.2. The molecular formula is C28H34ClF2N5O. The molecule has 0 atom stereocenters. The van der Waals surface area contributed by atoms with Gasteiger partial charge in [-0.2, -0.15) is 5.26 Å². The second-order valence-corrected chi connectivity index (χ2v) is 11.4. The minimum atomic E-state index is -2.47. The Balaban J connectivity index is 1.18. The van der Waals surface area contributed by atoms with Crippen LogP contribution in [0.5, 0.6) is 0 Å². The third-order valence-electron chi connectivity index (χ3n) is 8.14. The SMILES string of the molecule is N#CC1(CNc2cccc(-c3cc(CC4CCC(NC5CC(F)(F)C5)CC4)ncc3Cl)n2)CCOCC1. The van der Waals surface area contributed by atoms with E-state index in [0.29, 0.717) is 55.4 Å². The lowest BCUT2D eigenvalue weighted by Gasteiger charge is -2.40. The molecule has 3 fully saturated rings. The van der Waals surface area contributed by atoms with E-state index in [1.165, 1.54) is 0 Å². The van der Waals surface area contributed by atoms with Gasteiger partial charge in [0.1, 0.15) is 5.82 Å². The molecule has 0 amide bonds. The van der Waals surface area contributed by atoms with Gasteiger partial charge in [-0.1, -0.05) is 17.7 Å². The van der Waals surface area contributed by atoms with Gasteiger partial charge in [0, 0.05) is 62.1 Å². The number of nitrogens with one attached hydrogen (secondary N) is 2. The zero-order valence-corrected chi connectivity index (χ0v) is 21.7. The number of alkyl halides is 2. The lowest BCUT2D eigenvalue weighted by atomic mass is 9.81. The Morgan fingerprint density at radius 2 is 1.86 bits per heavy atom. The molecule has 9 heteroatoms. The fourth-order valence-corrected chi connectivity index (χ4v) is 5.96. The molecule has 2 aromatic rings. The highest BCUT2D eigenvalue weighted by molar-refractivity contribution is 6.33. The summed E-state index contributed by atoms with van der Waals surface area (Å²) < 4.78 is 31.7. The van der Waals surface area contributed by atoms with Crippen LogP contribution < -0.4 is 10.6 Å². The Morgan fingerprint density at radius 1 is 1.11 bits per heavy atom. The van der Waals surface area contributed by atoms with Crippen LogP contribution in [0.25, 0.3) is 11.3 Å². The molecule has 37 heavy (non-hydrogen) atoms. The van der Waals surface area contributed by atoms with Crippen molar-refractivity contribution in [3.63, 3.8) is 0 Å². The Morgan fingerprint density at radius 3 is 2.57 bits per heavy atom. The predicted molar refractivity (Wildman–Crippen MR) is 140 cm³/mol. The van der Waals surface area contributed by atoms with Crippen molar-refractivity contribution in [3.8, 4) is 17.3 Å². The van der Waals surface area contributed by atoms with Crippen LogP contribution in [0.4, 0.5) is 14.6 Å². The van der Waals surface area contributed by atoms with E-state index >= 15 is 0 Å². The van der Waals surface area contributed by atoms with Gasteiger partial charge >= 0.3 is 0 Å². The highest BCUT2D eigenvalue weighted by atomic mass is 35.5. The number of aromatic nitrogens is 2. The van der Waals surface area contributed by atoms with Gasteiger partial charge in [-0.3, -0.25) is 4.98 Å². The quantitative estimate of drug-likeness (QED) is 0.435. The number of rotatable bonds is 8. The van der Waals surface area contributed by atoms with Crippen molar-refractivity contribution in [2.45, 2.75) is 75.8 Å². The number of nitriles is 1. The Bertz CT molecular complexity index is 1120. The molecule has 6 nitrogen and oxygen atoms in total. The summed E-state index contributed by atoms with van der Waals surface area (Å²) in [5.41, 5.74) is 2.16. The largest absolute Gasteiger partial charge is 0.381 e. The number of halogens is 3. The molecule has 2 aromatic heterocycles. The summed E-state index contributed by atoms with van der Waals surface area (Å²) in [7, 11) is 0. The highest BCUT2D eigenvalue weighted by Gasteiger charge is 2.45. The van der Waals surface area contributed by atoms with E-state index in [1.807, 2.05) is 24.3 Å². The van der Waals surface area contributed by atoms with E-state index < -0.39 is 11.3 Å². The third kappa shape index (κ3) is 6.57. The summed E-state index contributed by atoms with van der Waals surface area (Å²) in [6.07, 6.45) is 8.08. The van der Waals surface area contributed by atoms with Crippen LogP contribution in [0.1, 0.15) is 57.1 Å². The average molecular weight is 530 g/mol. The minimum Gasteiger partial charge on any atom is -0.381 e. The number of anilines is 1. The van der Waals surface area contributed by atoms with Gasteiger partial charge in [0.25, 0.3) is 5.92 Å². The summed E-state index contributed by atoms with van der Waals surface area (Å²) in [5.74, 6) is -1.24. The molecule has 2 saturated carbocycles. The topological polar surface area (TPSA) is 82.9 Å². The van der Waals surface area contributed by atoms with Crippen LogP contribution in [-0.4, -0.2) is 47.7 Å². The zero-order chi connectivity index (χ0) is 25.9. The maximum absolute atomic E-state index is 13.1. The molecular weight excluding hydrogens is 496 g/mol. The fraction of sp³-hybridized carbons (Fsp3) is 0.607. The van der Waals surface area contributed by atoms with Crippen molar-refractivity contribution in [1.82, 2.24) is 15.3 Å². The fourth-order valence-electron chi connectivity index (χ4n) is 5.76. The van der Waals surface area contributed by atoms with Crippen LogP contribution in [0.2, 0.25) is 5.02 Å². The van der Waals surface area contributed by atoms with Crippen LogP contribution in [0, 0.1) is 22.7 Å². The number of hydrogen-bond acceptors (Lipinski definition) is 6. The van der Waals surface area contributed by atoms with Crippen LogP contribution in [0.15, 0.2) is 30.5 Å². The van der Waals surface area contributed by atoms with Gasteiger partial charge in [-0.05, 0) is 69.1 Å². The van der Waals surface area contributed by atoms with Crippen molar-refractivity contribution >= 4 is 17.4 Å². The summed E-state index contributed by atoms with van der Waals surface area (Å²) in [6, 6.07) is 10.6. The first-order valence-electron chi connectivity index (χ1n) is 13.3. The second-order valence-electron chi connectivity index (χ2n) is 11.0. The molecule has 0 spiro atoms. The zero-order valence-electron chi connectivity index (χ0n) is 21.0. The van der Waals surface area contributed by atoms with Gasteiger partial charge in [0.15, 0.2) is 0 Å². The Kier molecular flexibility index (Phi) is 7.94. The standard InChI is InChI=1S/C28H34ClF2N5O/c29-24-16-33-21(12-19-4-6-20(7-5-19)35-22-14-28(30,31)15-22)13-23(24)25-2-1-3-26(36-25)34-18-27(17-32)8-10-37-11-9-27/h1-3,13,16,19-20,22,35H,4-12,14-15,18H2,(H,34,36). The molecule has 1 aliphatic heterocycles. The lowest BCUT2D eigenvalue weighted by Crippen LogP contribution is -2.52. The van der Waals surface area contributed by atoms with Gasteiger partial charge < -0.3 is 15.4 Å². The maximum atomic E-state index is 13.1. The molecule has 3 aliphatic rings. The molecule has 2 aliphatic carbocycles. The van der Waals surface area contributed by atoms with E-state index in [0.717, 1.165) is 49.1 Å². The minimum absolute atomic E-state index is 0.0245. The van der Waals surface area contributed by atoms with Crippen molar-refractivity contribution in [2.75, 3.05) is 25.1 Å². The van der Waals surface area contributed by atoms with Crippen LogP contribution >= 0.6 is 11.6 Å².